The van der Waals surface area contributed by atoms with Crippen LogP contribution in [-0.4, -0.2) is 26.8 Å². The molecule has 0 amide bonds. The molecule has 0 spiro atoms. The average Bonchev–Trinajstić information content (AvgIpc) is 2.89. The summed E-state index contributed by atoms with van der Waals surface area (Å²) in [6, 6.07) is 0.327. The zero-order valence-electron chi connectivity index (χ0n) is 10.2. The number of hydrazine groups is 1. The lowest BCUT2D eigenvalue weighted by atomic mass is 10.0. The van der Waals surface area contributed by atoms with Crippen molar-refractivity contribution in [2.45, 2.75) is 37.5 Å². The minimum Gasteiger partial charge on any atom is -0.271 e. The van der Waals surface area contributed by atoms with Gasteiger partial charge < -0.3 is 0 Å². The number of aromatic nitrogens is 2. The molecule has 4 nitrogen and oxygen atoms in total. The molecule has 3 N–H and O–H groups in total. The third kappa shape index (κ3) is 2.86. The number of nitrogens with zero attached hydrogens (tertiary/aromatic N) is 2. The second-order valence-electron chi connectivity index (χ2n) is 4.50. The van der Waals surface area contributed by atoms with E-state index in [2.05, 4.69) is 26.5 Å². The molecule has 17 heavy (non-hydrogen) atoms. The summed E-state index contributed by atoms with van der Waals surface area (Å²) in [5.41, 5.74) is 5.23. The second-order valence-corrected chi connectivity index (χ2v) is 6.64. The Morgan fingerprint density at radius 1 is 1.71 bits per heavy atom. The predicted molar refractivity (Wildman–Crippen MR) is 75.9 cm³/mol. The van der Waals surface area contributed by atoms with Gasteiger partial charge in [0.15, 0.2) is 0 Å². The first-order valence-corrected chi connectivity index (χ1v) is 7.73. The fourth-order valence-corrected chi connectivity index (χ4v) is 4.20. The highest BCUT2D eigenvalue weighted by Gasteiger charge is 2.26. The third-order valence-electron chi connectivity index (χ3n) is 3.30. The van der Waals surface area contributed by atoms with E-state index in [1.165, 1.54) is 24.3 Å². The molecule has 2 heterocycles. The normalized spacial score (nSPS) is 22.0. The molecule has 2 atom stereocenters. The summed E-state index contributed by atoms with van der Waals surface area (Å²) in [6.07, 6.45) is 3.49. The van der Waals surface area contributed by atoms with Gasteiger partial charge in [-0.25, -0.2) is 0 Å². The molecule has 2 rings (SSSR count). The van der Waals surface area contributed by atoms with Crippen molar-refractivity contribution in [1.82, 2.24) is 15.2 Å². The number of nitrogens with two attached hydrogens (primary N) is 1. The number of hydrogen-bond donors (Lipinski definition) is 2. The maximum atomic E-state index is 5.70. The van der Waals surface area contributed by atoms with E-state index in [9.17, 15) is 0 Å². The van der Waals surface area contributed by atoms with Gasteiger partial charge in [-0.1, -0.05) is 0 Å². The van der Waals surface area contributed by atoms with Gasteiger partial charge in [0.2, 0.25) is 0 Å². The van der Waals surface area contributed by atoms with E-state index >= 15 is 0 Å². The highest BCUT2D eigenvalue weighted by Crippen LogP contribution is 2.31. The van der Waals surface area contributed by atoms with Crippen LogP contribution in [0, 0.1) is 6.92 Å². The van der Waals surface area contributed by atoms with E-state index in [1.807, 2.05) is 30.4 Å². The minimum atomic E-state index is 0.327. The summed E-state index contributed by atoms with van der Waals surface area (Å²) in [7, 11) is 1.99. The largest absolute Gasteiger partial charge is 0.271 e. The highest BCUT2D eigenvalue weighted by atomic mass is 79.9. The van der Waals surface area contributed by atoms with Crippen molar-refractivity contribution >= 4 is 27.7 Å². The Hall–Kier alpha value is -0.0400. The van der Waals surface area contributed by atoms with Crippen molar-refractivity contribution in [2.75, 3.05) is 5.75 Å². The quantitative estimate of drug-likeness (QED) is 0.656. The molecule has 6 heteroatoms. The van der Waals surface area contributed by atoms with Crippen molar-refractivity contribution in [1.29, 1.82) is 0 Å². The second kappa shape index (κ2) is 5.73. The summed E-state index contributed by atoms with van der Waals surface area (Å²) >= 11 is 5.63. The first kappa shape index (κ1) is 13.4. The number of rotatable bonds is 4. The Morgan fingerprint density at radius 3 is 2.94 bits per heavy atom. The van der Waals surface area contributed by atoms with Gasteiger partial charge in [-0.3, -0.25) is 16.0 Å². The van der Waals surface area contributed by atoms with Crippen LogP contribution in [0.25, 0.3) is 0 Å². The maximum absolute atomic E-state index is 5.70. The number of nitrogens with one attached hydrogen (secondary N) is 1. The van der Waals surface area contributed by atoms with Crippen molar-refractivity contribution < 1.29 is 0 Å². The van der Waals surface area contributed by atoms with Crippen LogP contribution in [0.2, 0.25) is 0 Å². The van der Waals surface area contributed by atoms with E-state index in [0.717, 1.165) is 16.6 Å². The predicted octanol–water partition coefficient (Wildman–Crippen LogP) is 1.76. The summed E-state index contributed by atoms with van der Waals surface area (Å²) in [6.45, 7) is 2.02. The van der Waals surface area contributed by atoms with E-state index in [0.29, 0.717) is 11.3 Å². The molecular weight excluding hydrogens is 300 g/mol. The third-order valence-corrected chi connectivity index (χ3v) is 5.85. The van der Waals surface area contributed by atoms with Gasteiger partial charge >= 0.3 is 0 Å². The molecule has 1 aromatic heterocycles. The van der Waals surface area contributed by atoms with Crippen LogP contribution in [0.5, 0.6) is 0 Å². The smallest absolute Gasteiger partial charge is 0.0738 e. The van der Waals surface area contributed by atoms with Crippen LogP contribution in [0.15, 0.2) is 4.47 Å². The monoisotopic (exact) mass is 318 g/mol. The minimum absolute atomic E-state index is 0.327. The molecular formula is C11H19BrN4S. The first-order valence-electron chi connectivity index (χ1n) is 5.89. The number of halogens is 1. The molecule has 2 unspecified atom stereocenters. The Kier molecular flexibility index (Phi) is 4.52. The lowest BCUT2D eigenvalue weighted by molar-refractivity contribution is 0.481. The molecule has 1 aliphatic rings. The Bertz CT molecular complexity index is 387. The fourth-order valence-electron chi connectivity index (χ4n) is 2.33. The number of thioether (sulfide) groups is 1. The summed E-state index contributed by atoms with van der Waals surface area (Å²) in [5, 5.41) is 5.05. The van der Waals surface area contributed by atoms with E-state index in [-0.39, 0.29) is 0 Å². The molecule has 0 radical (unpaired) electrons. The Balaban J connectivity index is 2.12. The lowest BCUT2D eigenvalue weighted by Gasteiger charge is -2.22. The molecule has 0 aromatic carbocycles. The number of aryl methyl sites for hydroxylation is 2. The highest BCUT2D eigenvalue weighted by molar-refractivity contribution is 9.10. The van der Waals surface area contributed by atoms with Crippen LogP contribution in [0.4, 0.5) is 0 Å². The molecule has 96 valence electrons. The van der Waals surface area contributed by atoms with Gasteiger partial charge in [0.05, 0.1) is 15.9 Å². The molecule has 1 saturated heterocycles. The van der Waals surface area contributed by atoms with Crippen molar-refractivity contribution in [2.24, 2.45) is 12.9 Å². The van der Waals surface area contributed by atoms with E-state index in [1.54, 1.807) is 0 Å². The van der Waals surface area contributed by atoms with Gasteiger partial charge in [-0.2, -0.15) is 16.9 Å². The summed E-state index contributed by atoms with van der Waals surface area (Å²) < 4.78 is 3.06. The average molecular weight is 319 g/mol. The zero-order chi connectivity index (χ0) is 12.4. The van der Waals surface area contributed by atoms with E-state index < -0.39 is 0 Å². The van der Waals surface area contributed by atoms with Crippen molar-refractivity contribution in [3.63, 3.8) is 0 Å². The van der Waals surface area contributed by atoms with E-state index in [4.69, 9.17) is 5.84 Å². The van der Waals surface area contributed by atoms with Crippen molar-refractivity contribution in [3.05, 3.63) is 15.9 Å². The Labute approximate surface area is 115 Å². The van der Waals surface area contributed by atoms with Gasteiger partial charge in [-0.15, -0.1) is 0 Å². The van der Waals surface area contributed by atoms with Gasteiger partial charge in [0.1, 0.15) is 0 Å². The van der Waals surface area contributed by atoms with Crippen LogP contribution in [0.3, 0.4) is 0 Å². The standard InChI is InChI=1S/C11H19BrN4S/c1-7-11(12)9(16(2)15-7)6-8(14-13)10-4-3-5-17-10/h8,10,14H,3-6,13H2,1-2H3. The summed E-state index contributed by atoms with van der Waals surface area (Å²) in [4.78, 5) is 0. The molecule has 1 aliphatic heterocycles. The summed E-state index contributed by atoms with van der Waals surface area (Å²) in [5.74, 6) is 6.96. The fraction of sp³-hybridized carbons (Fsp3) is 0.727. The van der Waals surface area contributed by atoms with Gasteiger partial charge in [0.25, 0.3) is 0 Å². The topological polar surface area (TPSA) is 55.9 Å². The SMILES string of the molecule is Cc1nn(C)c(CC(NN)C2CCCS2)c1Br. The molecule has 0 bridgehead atoms. The molecule has 0 saturated carbocycles. The van der Waals surface area contributed by atoms with Crippen LogP contribution >= 0.6 is 27.7 Å². The van der Waals surface area contributed by atoms with Gasteiger partial charge in [-0.05, 0) is 41.4 Å². The van der Waals surface area contributed by atoms with Crippen LogP contribution < -0.4 is 11.3 Å². The first-order chi connectivity index (χ1) is 8.13. The molecule has 1 aromatic rings. The zero-order valence-corrected chi connectivity index (χ0v) is 12.6. The molecule has 1 fully saturated rings. The van der Waals surface area contributed by atoms with Crippen LogP contribution in [0.1, 0.15) is 24.2 Å². The maximum Gasteiger partial charge on any atom is 0.0738 e. The molecule has 0 aliphatic carbocycles. The lowest BCUT2D eigenvalue weighted by Crippen LogP contribution is -2.43. The van der Waals surface area contributed by atoms with Crippen LogP contribution in [-0.2, 0) is 13.5 Å². The number of hydrogen-bond acceptors (Lipinski definition) is 4. The van der Waals surface area contributed by atoms with Gasteiger partial charge in [0, 0.05) is 24.8 Å². The Morgan fingerprint density at radius 2 is 2.47 bits per heavy atom. The van der Waals surface area contributed by atoms with Crippen molar-refractivity contribution in [3.8, 4) is 0 Å².